The first kappa shape index (κ1) is 15.2. The summed E-state index contributed by atoms with van der Waals surface area (Å²) in [4.78, 5) is 10.4. The van der Waals surface area contributed by atoms with E-state index in [9.17, 15) is 18.5 Å². The van der Waals surface area contributed by atoms with Crippen molar-refractivity contribution in [2.75, 3.05) is 0 Å². The third-order valence-corrected chi connectivity index (χ3v) is 5.97. The van der Waals surface area contributed by atoms with E-state index >= 15 is 0 Å². The van der Waals surface area contributed by atoms with Gasteiger partial charge >= 0.3 is 0 Å². The van der Waals surface area contributed by atoms with Gasteiger partial charge in [-0.3, -0.25) is 10.1 Å². The average Bonchev–Trinajstić information content (AvgIpc) is 2.48. The Morgan fingerprint density at radius 2 is 1.48 bits per heavy atom. The number of hydrogen-bond acceptors (Lipinski definition) is 4. The molecule has 0 N–H and O–H groups in total. The molecule has 2 rings (SSSR count). The summed E-state index contributed by atoms with van der Waals surface area (Å²) in [6.07, 6.45) is 0. The van der Waals surface area contributed by atoms with Crippen LogP contribution >= 0.6 is 0 Å². The quantitative estimate of drug-likeness (QED) is 0.641. The SMILES string of the molecule is CC(C)(c1ccc([N+](=O)[O-])cc1)S(=O)(=O)c1ccccc1. The molecule has 0 saturated heterocycles. The van der Waals surface area contributed by atoms with Crippen molar-refractivity contribution in [3.8, 4) is 0 Å². The molecule has 0 bridgehead atoms. The number of nitro benzene ring substituents is 1. The molecule has 21 heavy (non-hydrogen) atoms. The molecule has 0 aromatic heterocycles. The minimum Gasteiger partial charge on any atom is -0.258 e. The van der Waals surface area contributed by atoms with Crippen molar-refractivity contribution >= 4 is 15.5 Å². The van der Waals surface area contributed by atoms with Gasteiger partial charge in [0.05, 0.1) is 14.6 Å². The Morgan fingerprint density at radius 1 is 0.952 bits per heavy atom. The van der Waals surface area contributed by atoms with E-state index in [1.54, 1.807) is 44.2 Å². The summed E-state index contributed by atoms with van der Waals surface area (Å²) >= 11 is 0. The third kappa shape index (κ3) is 2.67. The van der Waals surface area contributed by atoms with E-state index < -0.39 is 19.5 Å². The molecule has 0 radical (unpaired) electrons. The number of rotatable bonds is 4. The van der Waals surface area contributed by atoms with Gasteiger partial charge in [-0.1, -0.05) is 30.3 Å². The van der Waals surface area contributed by atoms with Crippen LogP contribution in [0, 0.1) is 10.1 Å². The lowest BCUT2D eigenvalue weighted by Gasteiger charge is -2.25. The Bertz CT molecular complexity index is 750. The van der Waals surface area contributed by atoms with E-state index in [1.807, 2.05) is 0 Å². The lowest BCUT2D eigenvalue weighted by molar-refractivity contribution is -0.384. The van der Waals surface area contributed by atoms with Crippen LogP contribution in [-0.2, 0) is 14.6 Å². The Balaban J connectivity index is 2.48. The molecule has 0 unspecified atom stereocenters. The molecule has 0 heterocycles. The van der Waals surface area contributed by atoms with Crippen molar-refractivity contribution in [3.63, 3.8) is 0 Å². The van der Waals surface area contributed by atoms with Gasteiger partial charge in [-0.25, -0.2) is 8.42 Å². The molecule has 0 aliphatic rings. The molecule has 0 aliphatic heterocycles. The third-order valence-electron chi connectivity index (χ3n) is 3.50. The van der Waals surface area contributed by atoms with Crippen LogP contribution in [0.3, 0.4) is 0 Å². The Morgan fingerprint density at radius 3 is 1.95 bits per heavy atom. The van der Waals surface area contributed by atoms with Gasteiger partial charge in [-0.15, -0.1) is 0 Å². The summed E-state index contributed by atoms with van der Waals surface area (Å²) in [6, 6.07) is 13.8. The highest BCUT2D eigenvalue weighted by atomic mass is 32.2. The van der Waals surface area contributed by atoms with Gasteiger partial charge in [0, 0.05) is 12.1 Å². The number of benzene rings is 2. The molecular formula is C15H15NO4S. The fraction of sp³-hybridized carbons (Fsp3) is 0.200. The maximum Gasteiger partial charge on any atom is 0.269 e. The van der Waals surface area contributed by atoms with Crippen molar-refractivity contribution in [3.05, 3.63) is 70.3 Å². The minimum absolute atomic E-state index is 0.0633. The number of hydrogen-bond donors (Lipinski definition) is 0. The Hall–Kier alpha value is -2.21. The maximum atomic E-state index is 12.7. The summed E-state index contributed by atoms with van der Waals surface area (Å²) in [7, 11) is -3.59. The van der Waals surface area contributed by atoms with Gasteiger partial charge in [0.1, 0.15) is 0 Å². The first-order valence-electron chi connectivity index (χ1n) is 6.31. The van der Waals surface area contributed by atoms with Crippen molar-refractivity contribution in [2.24, 2.45) is 0 Å². The van der Waals surface area contributed by atoms with Crippen LogP contribution in [0.4, 0.5) is 5.69 Å². The van der Waals surface area contributed by atoms with Gasteiger partial charge in [-0.2, -0.15) is 0 Å². The largest absolute Gasteiger partial charge is 0.269 e. The zero-order valence-corrected chi connectivity index (χ0v) is 12.5. The first-order valence-corrected chi connectivity index (χ1v) is 7.80. The highest BCUT2D eigenvalue weighted by molar-refractivity contribution is 7.92. The standard InChI is InChI=1S/C15H15NO4S/c1-15(2,12-8-10-13(11-9-12)16(17)18)21(19,20)14-6-4-3-5-7-14/h3-11H,1-2H3. The van der Waals surface area contributed by atoms with Crippen LogP contribution in [-0.4, -0.2) is 13.3 Å². The fourth-order valence-corrected chi connectivity index (χ4v) is 3.59. The van der Waals surface area contributed by atoms with Crippen molar-refractivity contribution in [2.45, 2.75) is 23.5 Å². The topological polar surface area (TPSA) is 77.3 Å². The van der Waals surface area contributed by atoms with Gasteiger partial charge in [0.15, 0.2) is 9.84 Å². The molecular weight excluding hydrogens is 290 g/mol. The van der Waals surface area contributed by atoms with Gasteiger partial charge in [0.2, 0.25) is 0 Å². The van der Waals surface area contributed by atoms with Crippen LogP contribution in [0.5, 0.6) is 0 Å². The molecule has 0 atom stereocenters. The monoisotopic (exact) mass is 305 g/mol. The van der Waals surface area contributed by atoms with Crippen molar-refractivity contribution in [1.29, 1.82) is 0 Å². The van der Waals surface area contributed by atoms with Crippen LogP contribution in [0.2, 0.25) is 0 Å². The molecule has 0 amide bonds. The highest BCUT2D eigenvalue weighted by Crippen LogP contribution is 2.35. The lowest BCUT2D eigenvalue weighted by atomic mass is 10.0. The second-order valence-corrected chi connectivity index (χ2v) is 7.63. The predicted octanol–water partition coefficient (Wildman–Crippen LogP) is 3.30. The smallest absolute Gasteiger partial charge is 0.258 e. The Kier molecular flexibility index (Phi) is 3.82. The summed E-state index contributed by atoms with van der Waals surface area (Å²) in [6.45, 7) is 3.19. The normalized spacial score (nSPS) is 12.1. The summed E-state index contributed by atoms with van der Waals surface area (Å²) < 4.78 is 24.3. The second-order valence-electron chi connectivity index (χ2n) is 5.13. The minimum atomic E-state index is -3.59. The van der Waals surface area contributed by atoms with Crippen molar-refractivity contribution in [1.82, 2.24) is 0 Å². The second kappa shape index (κ2) is 5.29. The molecule has 2 aromatic carbocycles. The summed E-state index contributed by atoms with van der Waals surface area (Å²) in [5.41, 5.74) is 0.448. The van der Waals surface area contributed by atoms with E-state index in [0.29, 0.717) is 5.56 Å². The molecule has 0 fully saturated rings. The zero-order chi connectivity index (χ0) is 15.7. The number of nitrogens with zero attached hydrogens (tertiary/aromatic N) is 1. The molecule has 5 nitrogen and oxygen atoms in total. The van der Waals surface area contributed by atoms with E-state index in [4.69, 9.17) is 0 Å². The van der Waals surface area contributed by atoms with Gasteiger partial charge in [0.25, 0.3) is 5.69 Å². The summed E-state index contributed by atoms with van der Waals surface area (Å²) in [5, 5.41) is 10.7. The van der Waals surface area contributed by atoms with Crippen LogP contribution < -0.4 is 0 Å². The van der Waals surface area contributed by atoms with Crippen LogP contribution in [0.25, 0.3) is 0 Å². The fourth-order valence-electron chi connectivity index (χ4n) is 2.03. The molecule has 0 aliphatic carbocycles. The number of nitro groups is 1. The van der Waals surface area contributed by atoms with E-state index in [1.165, 1.54) is 24.3 Å². The molecule has 0 spiro atoms. The van der Waals surface area contributed by atoms with E-state index in [-0.39, 0.29) is 10.6 Å². The molecule has 6 heteroatoms. The zero-order valence-electron chi connectivity index (χ0n) is 11.7. The predicted molar refractivity (Wildman–Crippen MR) is 79.8 cm³/mol. The van der Waals surface area contributed by atoms with Crippen LogP contribution in [0.15, 0.2) is 59.5 Å². The lowest BCUT2D eigenvalue weighted by Crippen LogP contribution is -2.29. The Labute approximate surface area is 123 Å². The molecule has 110 valence electrons. The van der Waals surface area contributed by atoms with E-state index in [2.05, 4.69) is 0 Å². The maximum absolute atomic E-state index is 12.7. The summed E-state index contributed by atoms with van der Waals surface area (Å²) in [5.74, 6) is 0. The first-order chi connectivity index (χ1) is 9.76. The highest BCUT2D eigenvalue weighted by Gasteiger charge is 2.37. The molecule has 0 saturated carbocycles. The van der Waals surface area contributed by atoms with Gasteiger partial charge < -0.3 is 0 Å². The van der Waals surface area contributed by atoms with Crippen LogP contribution in [0.1, 0.15) is 19.4 Å². The molecule has 2 aromatic rings. The number of sulfone groups is 1. The van der Waals surface area contributed by atoms with E-state index in [0.717, 1.165) is 0 Å². The number of non-ortho nitro benzene ring substituents is 1. The van der Waals surface area contributed by atoms with Gasteiger partial charge in [-0.05, 0) is 31.5 Å². The average molecular weight is 305 g/mol. The van der Waals surface area contributed by atoms with Crippen molar-refractivity contribution < 1.29 is 13.3 Å².